The molecule has 0 aromatic carbocycles. The highest BCUT2D eigenvalue weighted by atomic mass is 35.5. The van der Waals surface area contributed by atoms with Gasteiger partial charge in [-0.25, -0.2) is 9.59 Å². The SMILES string of the molecule is CCOC(=O)c1c(C)noc1NC(=O)OCCCl. The molecule has 1 amide bonds. The minimum absolute atomic E-state index is 0.0508. The Morgan fingerprint density at radius 1 is 1.44 bits per heavy atom. The highest BCUT2D eigenvalue weighted by molar-refractivity contribution is 6.18. The molecule has 0 radical (unpaired) electrons. The van der Waals surface area contributed by atoms with Gasteiger partial charge < -0.3 is 14.0 Å². The fraction of sp³-hybridized carbons (Fsp3) is 0.500. The second kappa shape index (κ2) is 6.85. The molecule has 1 rings (SSSR count). The Morgan fingerprint density at radius 2 is 2.17 bits per heavy atom. The Hall–Kier alpha value is -1.76. The van der Waals surface area contributed by atoms with Crippen LogP contribution in [0.5, 0.6) is 0 Å². The van der Waals surface area contributed by atoms with E-state index in [0.29, 0.717) is 5.69 Å². The number of rotatable bonds is 5. The summed E-state index contributed by atoms with van der Waals surface area (Å²) in [5, 5.41) is 5.84. The Labute approximate surface area is 108 Å². The monoisotopic (exact) mass is 276 g/mol. The van der Waals surface area contributed by atoms with E-state index in [1.165, 1.54) is 0 Å². The summed E-state index contributed by atoms with van der Waals surface area (Å²) >= 11 is 5.36. The number of anilines is 1. The van der Waals surface area contributed by atoms with Crippen molar-refractivity contribution >= 4 is 29.5 Å². The maximum atomic E-state index is 11.6. The van der Waals surface area contributed by atoms with Crippen LogP contribution in [0.15, 0.2) is 4.52 Å². The lowest BCUT2D eigenvalue weighted by Gasteiger charge is -2.04. The zero-order valence-corrected chi connectivity index (χ0v) is 10.7. The van der Waals surface area contributed by atoms with E-state index in [1.807, 2.05) is 0 Å². The smallest absolute Gasteiger partial charge is 0.414 e. The largest absolute Gasteiger partial charge is 0.462 e. The van der Waals surface area contributed by atoms with Crippen molar-refractivity contribution in [3.8, 4) is 0 Å². The van der Waals surface area contributed by atoms with Gasteiger partial charge in [-0.1, -0.05) is 5.16 Å². The minimum Gasteiger partial charge on any atom is -0.462 e. The normalized spacial score (nSPS) is 9.94. The average molecular weight is 277 g/mol. The Kier molecular flexibility index (Phi) is 5.44. The summed E-state index contributed by atoms with van der Waals surface area (Å²) in [6.45, 7) is 3.49. The number of aryl methyl sites for hydroxylation is 1. The molecule has 0 atom stereocenters. The second-order valence-electron chi connectivity index (χ2n) is 3.14. The number of carbonyl (C=O) groups is 2. The van der Waals surface area contributed by atoms with Crippen LogP contribution in [-0.2, 0) is 9.47 Å². The lowest BCUT2D eigenvalue weighted by Crippen LogP contribution is -2.17. The summed E-state index contributed by atoms with van der Waals surface area (Å²) in [5.41, 5.74) is 0.390. The van der Waals surface area contributed by atoms with Crippen LogP contribution in [0, 0.1) is 6.92 Å². The van der Waals surface area contributed by atoms with Crippen molar-refractivity contribution < 1.29 is 23.6 Å². The van der Waals surface area contributed by atoms with Crippen molar-refractivity contribution in [2.45, 2.75) is 13.8 Å². The van der Waals surface area contributed by atoms with E-state index in [4.69, 9.17) is 20.9 Å². The molecule has 0 unspecified atom stereocenters. The van der Waals surface area contributed by atoms with Gasteiger partial charge in [-0.15, -0.1) is 11.6 Å². The topological polar surface area (TPSA) is 90.7 Å². The average Bonchev–Trinajstić information content (AvgIpc) is 2.68. The molecule has 100 valence electrons. The van der Waals surface area contributed by atoms with Gasteiger partial charge in [-0.05, 0) is 13.8 Å². The fourth-order valence-corrected chi connectivity index (χ4v) is 1.24. The van der Waals surface area contributed by atoms with E-state index in [0.717, 1.165) is 0 Å². The molecular formula is C10H13ClN2O5. The number of esters is 1. The van der Waals surface area contributed by atoms with Crippen LogP contribution in [0.2, 0.25) is 0 Å². The van der Waals surface area contributed by atoms with Crippen LogP contribution >= 0.6 is 11.6 Å². The number of alkyl halides is 1. The fourth-order valence-electron chi connectivity index (χ4n) is 1.16. The van der Waals surface area contributed by atoms with Gasteiger partial charge in [0.2, 0.25) is 5.88 Å². The summed E-state index contributed by atoms with van der Waals surface area (Å²) < 4.78 is 14.3. The first-order valence-corrected chi connectivity index (χ1v) is 5.76. The number of nitrogens with zero attached hydrogens (tertiary/aromatic N) is 1. The highest BCUT2D eigenvalue weighted by Gasteiger charge is 2.23. The predicted molar refractivity (Wildman–Crippen MR) is 62.9 cm³/mol. The van der Waals surface area contributed by atoms with Gasteiger partial charge >= 0.3 is 12.1 Å². The number of carbonyl (C=O) groups excluding carboxylic acids is 2. The van der Waals surface area contributed by atoms with Gasteiger partial charge in [-0.2, -0.15) is 0 Å². The van der Waals surface area contributed by atoms with Crippen LogP contribution in [0.3, 0.4) is 0 Å². The standard InChI is InChI=1S/C10H13ClN2O5/c1-3-16-9(14)7-6(2)13-18-8(7)12-10(15)17-5-4-11/h3-5H2,1-2H3,(H,12,15). The molecule has 0 saturated carbocycles. The van der Waals surface area contributed by atoms with E-state index in [9.17, 15) is 9.59 Å². The zero-order valence-electron chi connectivity index (χ0n) is 9.99. The number of aromatic nitrogens is 1. The molecule has 0 aliphatic heterocycles. The van der Waals surface area contributed by atoms with Crippen LogP contribution in [0.25, 0.3) is 0 Å². The molecule has 0 aliphatic carbocycles. The molecule has 8 heteroatoms. The molecule has 0 saturated heterocycles. The van der Waals surface area contributed by atoms with Crippen LogP contribution in [-0.4, -0.2) is 36.3 Å². The Balaban J connectivity index is 2.77. The summed E-state index contributed by atoms with van der Waals surface area (Å²) in [6.07, 6.45) is -0.780. The van der Waals surface area contributed by atoms with Gasteiger partial charge in [0.25, 0.3) is 0 Å². The van der Waals surface area contributed by atoms with Crippen molar-refractivity contribution in [2.24, 2.45) is 0 Å². The maximum absolute atomic E-state index is 11.6. The van der Waals surface area contributed by atoms with Gasteiger partial charge in [0.15, 0.2) is 0 Å². The molecule has 0 fully saturated rings. The predicted octanol–water partition coefficient (Wildman–Crippen LogP) is 1.95. The molecule has 0 spiro atoms. The van der Waals surface area contributed by atoms with Gasteiger partial charge in [-0.3, -0.25) is 5.32 Å². The molecular weight excluding hydrogens is 264 g/mol. The molecule has 1 aromatic rings. The number of hydrogen-bond donors (Lipinski definition) is 1. The first kappa shape index (κ1) is 14.3. The van der Waals surface area contributed by atoms with Gasteiger partial charge in [0.1, 0.15) is 12.2 Å². The molecule has 18 heavy (non-hydrogen) atoms. The number of halogens is 1. The third-order valence-corrected chi connectivity index (χ3v) is 2.02. The number of nitrogens with one attached hydrogen (secondary N) is 1. The van der Waals surface area contributed by atoms with Crippen molar-refractivity contribution in [2.75, 3.05) is 24.4 Å². The van der Waals surface area contributed by atoms with Crippen molar-refractivity contribution in [1.29, 1.82) is 0 Å². The summed E-state index contributed by atoms with van der Waals surface area (Å²) in [5.74, 6) is -0.553. The van der Waals surface area contributed by atoms with Crippen molar-refractivity contribution in [3.63, 3.8) is 0 Å². The van der Waals surface area contributed by atoms with E-state index >= 15 is 0 Å². The summed E-state index contributed by atoms with van der Waals surface area (Å²) in [7, 11) is 0. The summed E-state index contributed by atoms with van der Waals surface area (Å²) in [6, 6.07) is 0. The quantitative estimate of drug-likeness (QED) is 0.653. The van der Waals surface area contributed by atoms with E-state index in [-0.39, 0.29) is 30.5 Å². The zero-order chi connectivity index (χ0) is 13.5. The molecule has 0 bridgehead atoms. The van der Waals surface area contributed by atoms with Gasteiger partial charge in [0.05, 0.1) is 18.2 Å². The maximum Gasteiger partial charge on any atom is 0.414 e. The molecule has 7 nitrogen and oxygen atoms in total. The van der Waals surface area contributed by atoms with Crippen LogP contribution < -0.4 is 5.32 Å². The molecule has 1 heterocycles. The first-order chi connectivity index (χ1) is 8.60. The lowest BCUT2D eigenvalue weighted by molar-refractivity contribution is 0.0526. The molecule has 1 aromatic heterocycles. The van der Waals surface area contributed by atoms with Gasteiger partial charge in [0, 0.05) is 0 Å². The third-order valence-electron chi connectivity index (χ3n) is 1.87. The van der Waals surface area contributed by atoms with Crippen molar-refractivity contribution in [3.05, 3.63) is 11.3 Å². The van der Waals surface area contributed by atoms with E-state index in [1.54, 1.807) is 13.8 Å². The minimum atomic E-state index is -0.780. The number of ether oxygens (including phenoxy) is 2. The Bertz CT molecular complexity index is 432. The second-order valence-corrected chi connectivity index (χ2v) is 3.52. The van der Waals surface area contributed by atoms with Crippen LogP contribution in [0.4, 0.5) is 10.7 Å². The van der Waals surface area contributed by atoms with Crippen molar-refractivity contribution in [1.82, 2.24) is 5.16 Å². The molecule has 0 aliphatic rings. The third kappa shape index (κ3) is 3.63. The van der Waals surface area contributed by atoms with E-state index < -0.39 is 12.1 Å². The molecule has 1 N–H and O–H groups in total. The Morgan fingerprint density at radius 3 is 2.78 bits per heavy atom. The first-order valence-electron chi connectivity index (χ1n) is 5.23. The highest BCUT2D eigenvalue weighted by Crippen LogP contribution is 2.20. The number of hydrogen-bond acceptors (Lipinski definition) is 6. The van der Waals surface area contributed by atoms with Crippen LogP contribution in [0.1, 0.15) is 23.0 Å². The number of amides is 1. The van der Waals surface area contributed by atoms with E-state index in [2.05, 4.69) is 15.2 Å². The lowest BCUT2D eigenvalue weighted by atomic mass is 10.2. The summed E-state index contributed by atoms with van der Waals surface area (Å²) in [4.78, 5) is 22.9.